The predicted octanol–water partition coefficient (Wildman–Crippen LogP) is 2.65. The van der Waals surface area contributed by atoms with Crippen molar-refractivity contribution in [3.05, 3.63) is 42.5 Å². The van der Waals surface area contributed by atoms with E-state index < -0.39 is 5.92 Å². The second kappa shape index (κ2) is 5.72. The van der Waals surface area contributed by atoms with Gasteiger partial charge in [0.25, 0.3) is 0 Å². The molecule has 0 aliphatic carbocycles. The van der Waals surface area contributed by atoms with Crippen LogP contribution in [0.1, 0.15) is 12.0 Å². The number of benzene rings is 1. The van der Waals surface area contributed by atoms with Crippen LogP contribution in [0.25, 0.3) is 0 Å². The number of nitriles is 1. The van der Waals surface area contributed by atoms with Crippen molar-refractivity contribution in [3.63, 3.8) is 0 Å². The molecule has 0 bridgehead atoms. The van der Waals surface area contributed by atoms with Crippen LogP contribution in [-0.2, 0) is 4.79 Å². The van der Waals surface area contributed by atoms with E-state index in [1.54, 1.807) is 6.08 Å². The highest BCUT2D eigenvalue weighted by atomic mass is 16.1. The molecule has 16 heavy (non-hydrogen) atoms. The molecule has 1 unspecified atom stereocenters. The Morgan fingerprint density at radius 1 is 1.56 bits per heavy atom. The summed E-state index contributed by atoms with van der Waals surface area (Å²) in [4.78, 5) is 11.6. The zero-order valence-electron chi connectivity index (χ0n) is 9.23. The lowest BCUT2D eigenvalue weighted by Crippen LogP contribution is -2.21. The number of nitrogens with one attached hydrogen (secondary N) is 1. The SMILES string of the molecule is C=CCC(C#N)C(=O)Nc1ccc(C)cc1. The van der Waals surface area contributed by atoms with Crippen molar-refractivity contribution >= 4 is 11.6 Å². The van der Waals surface area contributed by atoms with E-state index in [1.165, 1.54) is 0 Å². The van der Waals surface area contributed by atoms with E-state index in [9.17, 15) is 4.79 Å². The monoisotopic (exact) mass is 214 g/mol. The summed E-state index contributed by atoms with van der Waals surface area (Å²) in [6, 6.07) is 9.40. The summed E-state index contributed by atoms with van der Waals surface area (Å²) in [7, 11) is 0. The molecule has 1 atom stereocenters. The molecule has 0 heterocycles. The van der Waals surface area contributed by atoms with Crippen molar-refractivity contribution in [1.82, 2.24) is 0 Å². The van der Waals surface area contributed by atoms with Gasteiger partial charge in [0.2, 0.25) is 5.91 Å². The molecule has 0 aliphatic rings. The number of amides is 1. The molecule has 1 N–H and O–H groups in total. The van der Waals surface area contributed by atoms with Gasteiger partial charge in [0, 0.05) is 5.69 Å². The maximum absolute atomic E-state index is 11.6. The lowest BCUT2D eigenvalue weighted by molar-refractivity contribution is -0.118. The van der Waals surface area contributed by atoms with Crippen molar-refractivity contribution in [2.75, 3.05) is 5.32 Å². The van der Waals surface area contributed by atoms with E-state index in [4.69, 9.17) is 5.26 Å². The molecule has 0 radical (unpaired) electrons. The van der Waals surface area contributed by atoms with Crippen LogP contribution >= 0.6 is 0 Å². The molecule has 3 heteroatoms. The maximum atomic E-state index is 11.6. The van der Waals surface area contributed by atoms with E-state index in [0.29, 0.717) is 12.1 Å². The fourth-order valence-electron chi connectivity index (χ4n) is 1.25. The molecule has 0 aromatic heterocycles. The molecular weight excluding hydrogens is 200 g/mol. The van der Waals surface area contributed by atoms with Gasteiger partial charge in [-0.15, -0.1) is 6.58 Å². The summed E-state index contributed by atoms with van der Waals surface area (Å²) in [6.07, 6.45) is 1.94. The first kappa shape index (κ1) is 12.0. The van der Waals surface area contributed by atoms with Gasteiger partial charge in [-0.05, 0) is 25.5 Å². The molecule has 0 aliphatic heterocycles. The lowest BCUT2D eigenvalue weighted by atomic mass is 10.1. The normalized spacial score (nSPS) is 11.2. The number of carbonyl (C=O) groups is 1. The third kappa shape index (κ3) is 3.25. The maximum Gasteiger partial charge on any atom is 0.242 e. The molecular formula is C13H14N2O. The van der Waals surface area contributed by atoms with Crippen molar-refractivity contribution in [3.8, 4) is 6.07 Å². The van der Waals surface area contributed by atoms with Gasteiger partial charge < -0.3 is 5.32 Å². The molecule has 82 valence electrons. The molecule has 0 spiro atoms. The van der Waals surface area contributed by atoms with E-state index in [-0.39, 0.29) is 5.91 Å². The Bertz CT molecular complexity index is 415. The highest BCUT2D eigenvalue weighted by Crippen LogP contribution is 2.11. The van der Waals surface area contributed by atoms with Crippen LogP contribution in [-0.4, -0.2) is 5.91 Å². The highest BCUT2D eigenvalue weighted by molar-refractivity contribution is 5.94. The molecule has 1 amide bonds. The summed E-state index contributed by atoms with van der Waals surface area (Å²) in [6.45, 7) is 5.49. The minimum Gasteiger partial charge on any atom is -0.325 e. The van der Waals surface area contributed by atoms with Gasteiger partial charge in [-0.2, -0.15) is 5.26 Å². The standard InChI is InChI=1S/C13H14N2O/c1-3-4-11(9-14)13(16)15-12-7-5-10(2)6-8-12/h3,5-8,11H,1,4H2,2H3,(H,15,16). The average Bonchev–Trinajstić information content (AvgIpc) is 2.29. The fraction of sp³-hybridized carbons (Fsp3) is 0.231. The minimum absolute atomic E-state index is 0.286. The Hall–Kier alpha value is -2.08. The Kier molecular flexibility index (Phi) is 4.28. The topological polar surface area (TPSA) is 52.9 Å². The van der Waals surface area contributed by atoms with E-state index in [0.717, 1.165) is 5.56 Å². The highest BCUT2D eigenvalue weighted by Gasteiger charge is 2.15. The van der Waals surface area contributed by atoms with Gasteiger partial charge in [0.15, 0.2) is 0 Å². The first-order valence-electron chi connectivity index (χ1n) is 5.05. The van der Waals surface area contributed by atoms with Crippen molar-refractivity contribution in [2.24, 2.45) is 5.92 Å². The summed E-state index contributed by atoms with van der Waals surface area (Å²) >= 11 is 0. The lowest BCUT2D eigenvalue weighted by Gasteiger charge is -2.08. The summed E-state index contributed by atoms with van der Waals surface area (Å²) in [5, 5.41) is 11.5. The molecule has 3 nitrogen and oxygen atoms in total. The van der Waals surface area contributed by atoms with Crippen LogP contribution < -0.4 is 5.32 Å². The van der Waals surface area contributed by atoms with E-state index in [1.807, 2.05) is 37.3 Å². The van der Waals surface area contributed by atoms with Crippen molar-refractivity contribution in [1.29, 1.82) is 5.26 Å². The van der Waals surface area contributed by atoms with Gasteiger partial charge in [0.1, 0.15) is 5.92 Å². The number of allylic oxidation sites excluding steroid dienone is 1. The molecule has 1 rings (SSSR count). The third-order valence-corrected chi connectivity index (χ3v) is 2.19. The number of hydrogen-bond donors (Lipinski definition) is 1. The first-order valence-corrected chi connectivity index (χ1v) is 5.05. The quantitative estimate of drug-likeness (QED) is 0.783. The predicted molar refractivity (Wildman–Crippen MR) is 63.7 cm³/mol. The third-order valence-electron chi connectivity index (χ3n) is 2.19. The minimum atomic E-state index is -0.668. The van der Waals surface area contributed by atoms with Crippen molar-refractivity contribution in [2.45, 2.75) is 13.3 Å². The van der Waals surface area contributed by atoms with Crippen LogP contribution in [0.4, 0.5) is 5.69 Å². The number of hydrogen-bond acceptors (Lipinski definition) is 2. The number of carbonyl (C=O) groups excluding carboxylic acids is 1. The Morgan fingerprint density at radius 2 is 2.19 bits per heavy atom. The largest absolute Gasteiger partial charge is 0.325 e. The number of aryl methyl sites for hydroxylation is 1. The van der Waals surface area contributed by atoms with E-state index in [2.05, 4.69) is 11.9 Å². The Balaban J connectivity index is 2.67. The number of nitrogens with zero attached hydrogens (tertiary/aromatic N) is 1. The summed E-state index contributed by atoms with van der Waals surface area (Å²) < 4.78 is 0. The van der Waals surface area contributed by atoms with Gasteiger partial charge in [0.05, 0.1) is 6.07 Å². The van der Waals surface area contributed by atoms with Crippen LogP contribution in [0, 0.1) is 24.2 Å². The zero-order chi connectivity index (χ0) is 12.0. The summed E-state index contributed by atoms with van der Waals surface area (Å²) in [5.74, 6) is -0.954. The molecule has 1 aromatic rings. The van der Waals surface area contributed by atoms with Crippen molar-refractivity contribution < 1.29 is 4.79 Å². The Morgan fingerprint density at radius 3 is 2.69 bits per heavy atom. The van der Waals surface area contributed by atoms with Crippen LogP contribution in [0.15, 0.2) is 36.9 Å². The van der Waals surface area contributed by atoms with E-state index >= 15 is 0 Å². The molecule has 0 fully saturated rings. The first-order chi connectivity index (χ1) is 7.67. The number of rotatable bonds is 4. The van der Waals surface area contributed by atoms with Gasteiger partial charge in [-0.3, -0.25) is 4.79 Å². The number of anilines is 1. The smallest absolute Gasteiger partial charge is 0.242 e. The zero-order valence-corrected chi connectivity index (χ0v) is 9.23. The summed E-state index contributed by atoms with van der Waals surface area (Å²) in [5.41, 5.74) is 1.83. The van der Waals surface area contributed by atoms with Gasteiger partial charge >= 0.3 is 0 Å². The molecule has 0 saturated heterocycles. The molecule has 1 aromatic carbocycles. The Labute approximate surface area is 95.4 Å². The van der Waals surface area contributed by atoms with Crippen LogP contribution in [0.3, 0.4) is 0 Å². The van der Waals surface area contributed by atoms with Gasteiger partial charge in [-0.25, -0.2) is 0 Å². The fourth-order valence-corrected chi connectivity index (χ4v) is 1.25. The average molecular weight is 214 g/mol. The second-order valence-corrected chi connectivity index (χ2v) is 3.56. The molecule has 0 saturated carbocycles. The van der Waals surface area contributed by atoms with Crippen LogP contribution in [0.5, 0.6) is 0 Å². The van der Waals surface area contributed by atoms with Gasteiger partial charge in [-0.1, -0.05) is 23.8 Å². The van der Waals surface area contributed by atoms with Crippen LogP contribution in [0.2, 0.25) is 0 Å². The second-order valence-electron chi connectivity index (χ2n) is 3.56.